The van der Waals surface area contributed by atoms with Crippen LogP contribution in [0.5, 0.6) is 5.75 Å². The molecular weight excluding hydrogens is 438 g/mol. The first-order valence-corrected chi connectivity index (χ1v) is 11.8. The van der Waals surface area contributed by atoms with Crippen molar-refractivity contribution in [2.45, 2.75) is 31.7 Å². The number of ether oxygens (including phenoxy) is 1. The van der Waals surface area contributed by atoms with E-state index >= 15 is 0 Å². The second-order valence-corrected chi connectivity index (χ2v) is 8.67. The maximum atomic E-state index is 10.9. The zero-order valence-electron chi connectivity index (χ0n) is 19.4. The highest BCUT2D eigenvalue weighted by atomic mass is 16.5. The van der Waals surface area contributed by atoms with Gasteiger partial charge < -0.3 is 9.84 Å². The Morgan fingerprint density at radius 1 is 1.00 bits per heavy atom. The average molecular weight is 466 g/mol. The summed E-state index contributed by atoms with van der Waals surface area (Å²) in [7, 11) is 0. The summed E-state index contributed by atoms with van der Waals surface area (Å²) in [5.74, 6) is -0.238. The molecule has 5 rings (SSSR count). The van der Waals surface area contributed by atoms with Crippen LogP contribution in [-0.4, -0.2) is 32.4 Å². The minimum atomic E-state index is -0.969. The molecule has 1 aliphatic rings. The number of allylic oxidation sites excluding steroid dienone is 2. The lowest BCUT2D eigenvalue weighted by Crippen LogP contribution is -2.12. The molecule has 0 aliphatic heterocycles. The number of benzene rings is 2. The minimum absolute atomic E-state index is 0.0654. The van der Waals surface area contributed by atoms with Crippen molar-refractivity contribution >= 4 is 11.5 Å². The van der Waals surface area contributed by atoms with E-state index in [0.717, 1.165) is 41.5 Å². The molecule has 0 fully saturated rings. The van der Waals surface area contributed by atoms with Gasteiger partial charge in [0.25, 0.3) is 0 Å². The number of hydrogen-bond donors (Lipinski definition) is 1. The van der Waals surface area contributed by atoms with Gasteiger partial charge in [0.1, 0.15) is 5.75 Å². The molecule has 6 heteroatoms. The fourth-order valence-corrected chi connectivity index (χ4v) is 4.80. The molecule has 0 bridgehead atoms. The van der Waals surface area contributed by atoms with E-state index in [1.54, 1.807) is 6.20 Å². The Labute approximate surface area is 204 Å². The summed E-state index contributed by atoms with van der Waals surface area (Å²) in [6, 6.07) is 20.4. The van der Waals surface area contributed by atoms with Crippen molar-refractivity contribution in [3.63, 3.8) is 0 Å². The van der Waals surface area contributed by atoms with E-state index in [9.17, 15) is 4.79 Å². The molecule has 4 aromatic rings. The molecule has 35 heavy (non-hydrogen) atoms. The molecule has 6 nitrogen and oxygen atoms in total. The van der Waals surface area contributed by atoms with Crippen molar-refractivity contribution in [2.24, 2.45) is 0 Å². The zero-order valence-corrected chi connectivity index (χ0v) is 19.4. The third-order valence-electron chi connectivity index (χ3n) is 6.36. The lowest BCUT2D eigenvalue weighted by atomic mass is 9.86. The second kappa shape index (κ2) is 10.4. The van der Waals surface area contributed by atoms with E-state index in [2.05, 4.69) is 58.8 Å². The van der Waals surface area contributed by atoms with Gasteiger partial charge in [0, 0.05) is 35.6 Å². The SMILES string of the molecule is O=C(O)COc1cccc2c1CCCC2=CCn1cc(C(c2ccccc2)c2cccnc2)cn1. The fourth-order valence-electron chi connectivity index (χ4n) is 4.80. The molecule has 0 saturated carbocycles. The van der Waals surface area contributed by atoms with Crippen molar-refractivity contribution < 1.29 is 14.6 Å². The second-order valence-electron chi connectivity index (χ2n) is 8.67. The van der Waals surface area contributed by atoms with Crippen molar-refractivity contribution in [1.29, 1.82) is 0 Å². The monoisotopic (exact) mass is 465 g/mol. The lowest BCUT2D eigenvalue weighted by molar-refractivity contribution is -0.139. The van der Waals surface area contributed by atoms with Gasteiger partial charge in [-0.3, -0.25) is 9.67 Å². The van der Waals surface area contributed by atoms with Gasteiger partial charge in [-0.05, 0) is 53.7 Å². The predicted octanol–water partition coefficient (Wildman–Crippen LogP) is 5.34. The van der Waals surface area contributed by atoms with Crippen LogP contribution >= 0.6 is 0 Å². The number of aliphatic carboxylic acids is 1. The smallest absolute Gasteiger partial charge is 0.341 e. The fraction of sp³-hybridized carbons (Fsp3) is 0.207. The van der Waals surface area contributed by atoms with Crippen LogP contribution < -0.4 is 4.74 Å². The molecule has 1 unspecified atom stereocenters. The quantitative estimate of drug-likeness (QED) is 0.380. The first kappa shape index (κ1) is 22.6. The van der Waals surface area contributed by atoms with Crippen LogP contribution in [0.2, 0.25) is 0 Å². The average Bonchev–Trinajstić information content (AvgIpc) is 3.36. The Balaban J connectivity index is 1.39. The van der Waals surface area contributed by atoms with Crippen molar-refractivity contribution in [2.75, 3.05) is 6.61 Å². The van der Waals surface area contributed by atoms with Gasteiger partial charge in [-0.1, -0.05) is 54.6 Å². The van der Waals surface area contributed by atoms with Gasteiger partial charge >= 0.3 is 5.97 Å². The van der Waals surface area contributed by atoms with Crippen LogP contribution in [0, 0.1) is 0 Å². The number of carboxylic acid groups (broad SMARTS) is 1. The maximum Gasteiger partial charge on any atom is 0.341 e. The van der Waals surface area contributed by atoms with E-state index in [1.165, 1.54) is 11.1 Å². The number of hydrogen-bond acceptors (Lipinski definition) is 4. The van der Waals surface area contributed by atoms with Crippen molar-refractivity contribution in [1.82, 2.24) is 14.8 Å². The summed E-state index contributed by atoms with van der Waals surface area (Å²) in [5.41, 5.74) is 6.93. The number of aromatic nitrogens is 3. The standard InChI is InChI=1S/C29H27N3O3/c33-28(34)20-35-27-13-5-11-25-21(9-4-12-26(25)27)14-16-32-19-24(18-31-32)29(22-7-2-1-3-8-22)23-10-6-15-30-17-23/h1-3,5-8,10-11,13-15,17-19,29H,4,9,12,16,20H2,(H,33,34). The molecule has 176 valence electrons. The number of carboxylic acids is 1. The van der Waals surface area contributed by atoms with E-state index in [-0.39, 0.29) is 12.5 Å². The van der Waals surface area contributed by atoms with Gasteiger partial charge in [0.15, 0.2) is 6.61 Å². The summed E-state index contributed by atoms with van der Waals surface area (Å²) >= 11 is 0. The largest absolute Gasteiger partial charge is 0.482 e. The molecule has 2 aromatic carbocycles. The third-order valence-corrected chi connectivity index (χ3v) is 6.36. The number of rotatable bonds is 8. The first-order chi connectivity index (χ1) is 17.2. The molecule has 1 N–H and O–H groups in total. The Morgan fingerprint density at radius 3 is 2.66 bits per heavy atom. The zero-order chi connectivity index (χ0) is 24.0. The summed E-state index contributed by atoms with van der Waals surface area (Å²) in [6.45, 7) is 0.328. The molecule has 1 atom stereocenters. The summed E-state index contributed by atoms with van der Waals surface area (Å²) < 4.78 is 7.51. The van der Waals surface area contributed by atoms with Crippen LogP contribution in [-0.2, 0) is 17.8 Å². The molecule has 0 spiro atoms. The first-order valence-electron chi connectivity index (χ1n) is 11.8. The van der Waals surface area contributed by atoms with E-state index in [1.807, 2.05) is 41.3 Å². The highest BCUT2D eigenvalue weighted by Crippen LogP contribution is 2.36. The van der Waals surface area contributed by atoms with Gasteiger partial charge in [0.2, 0.25) is 0 Å². The Morgan fingerprint density at radius 2 is 1.86 bits per heavy atom. The summed E-state index contributed by atoms with van der Waals surface area (Å²) in [5, 5.41) is 13.6. The molecule has 0 amide bonds. The lowest BCUT2D eigenvalue weighted by Gasteiger charge is -2.22. The van der Waals surface area contributed by atoms with Crippen LogP contribution in [0.3, 0.4) is 0 Å². The van der Waals surface area contributed by atoms with Gasteiger partial charge in [-0.15, -0.1) is 0 Å². The van der Waals surface area contributed by atoms with E-state index in [0.29, 0.717) is 12.3 Å². The predicted molar refractivity (Wildman–Crippen MR) is 134 cm³/mol. The van der Waals surface area contributed by atoms with E-state index in [4.69, 9.17) is 9.84 Å². The van der Waals surface area contributed by atoms with Crippen molar-refractivity contribution in [3.8, 4) is 5.75 Å². The van der Waals surface area contributed by atoms with E-state index < -0.39 is 5.97 Å². The topological polar surface area (TPSA) is 77.2 Å². The van der Waals surface area contributed by atoms with Gasteiger partial charge in [-0.2, -0.15) is 5.10 Å². The van der Waals surface area contributed by atoms with Crippen LogP contribution in [0.4, 0.5) is 0 Å². The van der Waals surface area contributed by atoms with Crippen LogP contribution in [0.15, 0.2) is 91.5 Å². The van der Waals surface area contributed by atoms with Gasteiger partial charge in [0.05, 0.1) is 12.7 Å². The highest BCUT2D eigenvalue weighted by Gasteiger charge is 2.20. The Kier molecular flexibility index (Phi) is 6.70. The third kappa shape index (κ3) is 5.17. The molecule has 2 aromatic heterocycles. The molecule has 2 heterocycles. The Hall–Kier alpha value is -4.19. The van der Waals surface area contributed by atoms with Gasteiger partial charge in [-0.25, -0.2) is 4.79 Å². The molecule has 1 aliphatic carbocycles. The Bertz CT molecular complexity index is 1290. The number of pyridine rings is 1. The summed E-state index contributed by atoms with van der Waals surface area (Å²) in [4.78, 5) is 15.3. The van der Waals surface area contributed by atoms with Crippen LogP contribution in [0.25, 0.3) is 5.57 Å². The summed E-state index contributed by atoms with van der Waals surface area (Å²) in [6.07, 6.45) is 12.9. The number of carbonyl (C=O) groups is 1. The minimum Gasteiger partial charge on any atom is -0.482 e. The van der Waals surface area contributed by atoms with Crippen molar-refractivity contribution in [3.05, 3.63) is 119 Å². The maximum absolute atomic E-state index is 10.9. The highest BCUT2D eigenvalue weighted by molar-refractivity contribution is 5.73. The van der Waals surface area contributed by atoms with Crippen LogP contribution in [0.1, 0.15) is 46.6 Å². The number of nitrogens with zero attached hydrogens (tertiary/aromatic N) is 3. The normalized spacial score (nSPS) is 14.9. The molecular formula is C29H27N3O3. The number of fused-ring (bicyclic) bond motifs is 1. The molecule has 0 saturated heterocycles. The molecule has 0 radical (unpaired) electrons.